The number of Topliss-reactive ketones (excluding diaryl/α,β-unsaturated/α-hetero) is 1. The molecule has 0 aliphatic heterocycles. The van der Waals surface area contributed by atoms with E-state index in [0.717, 1.165) is 5.56 Å². The Hall–Kier alpha value is -2.28. The maximum atomic E-state index is 13.0. The van der Waals surface area contributed by atoms with Gasteiger partial charge in [0, 0.05) is 23.7 Å². The molecule has 1 aromatic rings. The van der Waals surface area contributed by atoms with Crippen LogP contribution in [0.5, 0.6) is 0 Å². The van der Waals surface area contributed by atoms with E-state index < -0.39 is 45.8 Å². The van der Waals surface area contributed by atoms with Crippen molar-refractivity contribution in [2.45, 2.75) is 70.7 Å². The molecule has 4 rings (SSSR count). The van der Waals surface area contributed by atoms with Gasteiger partial charge in [0.25, 0.3) is 0 Å². The number of fused-ring (bicyclic) bond motifs is 3. The zero-order chi connectivity index (χ0) is 25.1. The summed E-state index contributed by atoms with van der Waals surface area (Å²) in [6, 6.07) is 9.41. The van der Waals surface area contributed by atoms with E-state index in [2.05, 4.69) is 0 Å². The van der Waals surface area contributed by atoms with E-state index in [-0.39, 0.29) is 25.4 Å². The Morgan fingerprint density at radius 3 is 2.35 bits per heavy atom. The van der Waals surface area contributed by atoms with Gasteiger partial charge in [-0.2, -0.15) is 0 Å². The highest BCUT2D eigenvalue weighted by atomic mass is 16.6. The van der Waals surface area contributed by atoms with Crippen LogP contribution in [-0.4, -0.2) is 50.5 Å². The zero-order valence-corrected chi connectivity index (χ0v) is 20.7. The molecule has 3 N–H and O–H groups in total. The molecule has 3 aliphatic carbocycles. The van der Waals surface area contributed by atoms with E-state index >= 15 is 0 Å². The molecule has 1 saturated carbocycles. The van der Waals surface area contributed by atoms with Crippen molar-refractivity contribution in [3.05, 3.63) is 59.2 Å². The highest BCUT2D eigenvalue weighted by Gasteiger charge is 2.69. The summed E-state index contributed by atoms with van der Waals surface area (Å²) < 4.78 is 6.16. The minimum Gasteiger partial charge on any atom is -0.459 e. The second-order valence-corrected chi connectivity index (χ2v) is 11.3. The van der Waals surface area contributed by atoms with Gasteiger partial charge in [0.2, 0.25) is 0 Å². The maximum absolute atomic E-state index is 13.0. The van der Waals surface area contributed by atoms with Crippen molar-refractivity contribution in [1.29, 1.82) is 0 Å². The fourth-order valence-electron chi connectivity index (χ4n) is 6.69. The van der Waals surface area contributed by atoms with E-state index in [1.807, 2.05) is 64.1 Å². The molecule has 6 atom stereocenters. The van der Waals surface area contributed by atoms with Gasteiger partial charge in [-0.25, -0.2) is 0 Å². The molecule has 3 aliphatic rings. The van der Waals surface area contributed by atoms with Gasteiger partial charge in [0.15, 0.2) is 5.78 Å². The number of esters is 1. The topological polar surface area (TPSA) is 104 Å². The Balaban J connectivity index is 1.75. The van der Waals surface area contributed by atoms with Crippen molar-refractivity contribution in [1.82, 2.24) is 0 Å². The first-order valence-electron chi connectivity index (χ1n) is 12.0. The lowest BCUT2D eigenvalue weighted by molar-refractivity contribution is -0.245. The van der Waals surface area contributed by atoms with E-state index in [1.165, 1.54) is 0 Å². The predicted octanol–water partition coefficient (Wildman–Crippen LogP) is 3.14. The van der Waals surface area contributed by atoms with Crippen LogP contribution in [0.1, 0.15) is 53.0 Å². The first kappa shape index (κ1) is 24.8. The lowest BCUT2D eigenvalue weighted by Crippen LogP contribution is -2.68. The SMILES string of the molecule is CC1=C[C@H]2[C@@]3(O)[C@H](C)C[C@@](C)(OC(=O)Cc4ccccc4)C(C)(C)[C@@H]3C=C(CO)C[C@]2(O)C1=O. The Morgan fingerprint density at radius 1 is 1.09 bits per heavy atom. The van der Waals surface area contributed by atoms with E-state index in [1.54, 1.807) is 13.0 Å². The molecule has 0 unspecified atom stereocenters. The minimum absolute atomic E-state index is 0.0348. The van der Waals surface area contributed by atoms with Crippen LogP contribution < -0.4 is 0 Å². The monoisotopic (exact) mass is 468 g/mol. The molecule has 34 heavy (non-hydrogen) atoms. The minimum atomic E-state index is -1.80. The summed E-state index contributed by atoms with van der Waals surface area (Å²) in [6.45, 7) is 9.01. The highest BCUT2D eigenvalue weighted by Crippen LogP contribution is 2.63. The van der Waals surface area contributed by atoms with Gasteiger partial charge in [-0.05, 0) is 42.9 Å². The number of carbonyl (C=O) groups is 2. The number of ether oxygens (including phenoxy) is 1. The quantitative estimate of drug-likeness (QED) is 0.463. The van der Waals surface area contributed by atoms with Crippen molar-refractivity contribution < 1.29 is 29.6 Å². The van der Waals surface area contributed by atoms with Crippen molar-refractivity contribution in [2.24, 2.45) is 23.2 Å². The molecule has 0 aromatic heterocycles. The number of carbonyl (C=O) groups excluding carboxylic acids is 2. The Bertz CT molecular complexity index is 1060. The molecule has 0 saturated heterocycles. The van der Waals surface area contributed by atoms with Gasteiger partial charge in [-0.15, -0.1) is 0 Å². The Morgan fingerprint density at radius 2 is 1.74 bits per heavy atom. The van der Waals surface area contributed by atoms with Crippen LogP contribution in [0.3, 0.4) is 0 Å². The van der Waals surface area contributed by atoms with Gasteiger partial charge in [0.05, 0.1) is 18.6 Å². The molecular weight excluding hydrogens is 432 g/mol. The average Bonchev–Trinajstić information content (AvgIpc) is 2.93. The summed E-state index contributed by atoms with van der Waals surface area (Å²) in [5, 5.41) is 34.0. The number of benzene rings is 1. The standard InChI is InChI=1S/C28H36O6/c1-17-11-22-27(32,24(17)31)15-20(16-29)12-21-25(3,4)26(5,14-18(2)28(21,22)33)34-23(30)13-19-9-7-6-8-10-19/h6-12,18,21-22,29,32-33H,13-16H2,1-5H3/t18-,21+,22-,26-,27-,28-/m1/s1. The molecule has 1 fully saturated rings. The Labute approximate surface area is 201 Å². The van der Waals surface area contributed by atoms with Crippen molar-refractivity contribution in [2.75, 3.05) is 6.61 Å². The van der Waals surface area contributed by atoms with Crippen LogP contribution in [-0.2, 0) is 20.7 Å². The lowest BCUT2D eigenvalue weighted by Gasteiger charge is -2.61. The highest BCUT2D eigenvalue weighted by molar-refractivity contribution is 6.04. The predicted molar refractivity (Wildman–Crippen MR) is 128 cm³/mol. The van der Waals surface area contributed by atoms with Gasteiger partial charge in [-0.3, -0.25) is 9.59 Å². The number of aliphatic hydroxyl groups is 3. The molecule has 0 amide bonds. The summed E-state index contributed by atoms with van der Waals surface area (Å²) in [7, 11) is 0. The number of rotatable bonds is 4. The van der Waals surface area contributed by atoms with E-state index in [9.17, 15) is 24.9 Å². The van der Waals surface area contributed by atoms with Crippen molar-refractivity contribution >= 4 is 11.8 Å². The molecule has 0 heterocycles. The summed E-state index contributed by atoms with van der Waals surface area (Å²) in [5.74, 6) is -2.55. The third kappa shape index (κ3) is 3.50. The van der Waals surface area contributed by atoms with Gasteiger partial charge < -0.3 is 20.1 Å². The smallest absolute Gasteiger partial charge is 0.310 e. The molecule has 6 heteroatoms. The van der Waals surface area contributed by atoms with Crippen LogP contribution in [0.15, 0.2) is 53.6 Å². The fraction of sp³-hybridized carbons (Fsp3) is 0.571. The molecular formula is C28H36O6. The lowest BCUT2D eigenvalue weighted by atomic mass is 9.48. The number of hydrogen-bond acceptors (Lipinski definition) is 6. The second-order valence-electron chi connectivity index (χ2n) is 11.3. The molecule has 0 radical (unpaired) electrons. The summed E-state index contributed by atoms with van der Waals surface area (Å²) >= 11 is 0. The van der Waals surface area contributed by atoms with Crippen LogP contribution in [0.25, 0.3) is 0 Å². The van der Waals surface area contributed by atoms with Gasteiger partial charge >= 0.3 is 5.97 Å². The normalized spacial score (nSPS) is 38.8. The number of ketones is 1. The zero-order valence-electron chi connectivity index (χ0n) is 20.7. The summed E-state index contributed by atoms with van der Waals surface area (Å²) in [5.41, 5.74) is -3.16. The average molecular weight is 469 g/mol. The van der Waals surface area contributed by atoms with Crippen molar-refractivity contribution in [3.8, 4) is 0 Å². The van der Waals surface area contributed by atoms with Crippen LogP contribution in [0, 0.1) is 23.2 Å². The largest absolute Gasteiger partial charge is 0.459 e. The summed E-state index contributed by atoms with van der Waals surface area (Å²) in [6.07, 6.45) is 3.98. The molecule has 1 aromatic carbocycles. The van der Waals surface area contributed by atoms with Crippen LogP contribution in [0.4, 0.5) is 0 Å². The van der Waals surface area contributed by atoms with Gasteiger partial charge in [-0.1, -0.05) is 63.3 Å². The first-order chi connectivity index (χ1) is 15.8. The third-order valence-electron chi connectivity index (χ3n) is 8.94. The Kier molecular flexibility index (Phi) is 5.95. The molecule has 184 valence electrons. The molecule has 0 spiro atoms. The second kappa shape index (κ2) is 8.14. The molecule has 0 bridgehead atoms. The van der Waals surface area contributed by atoms with E-state index in [4.69, 9.17) is 4.74 Å². The molecule has 6 nitrogen and oxygen atoms in total. The van der Waals surface area contributed by atoms with E-state index in [0.29, 0.717) is 17.6 Å². The fourth-order valence-corrected chi connectivity index (χ4v) is 6.69. The maximum Gasteiger partial charge on any atom is 0.310 e. The van der Waals surface area contributed by atoms with Crippen molar-refractivity contribution in [3.63, 3.8) is 0 Å². The number of hydrogen-bond donors (Lipinski definition) is 3. The van der Waals surface area contributed by atoms with Gasteiger partial charge in [0.1, 0.15) is 11.2 Å². The number of aliphatic hydroxyl groups excluding tert-OH is 1. The summed E-state index contributed by atoms with van der Waals surface area (Å²) in [4.78, 5) is 26.0. The first-order valence-corrected chi connectivity index (χ1v) is 12.0. The third-order valence-corrected chi connectivity index (χ3v) is 8.94. The van der Waals surface area contributed by atoms with Crippen LogP contribution >= 0.6 is 0 Å². The van der Waals surface area contributed by atoms with Crippen LogP contribution in [0.2, 0.25) is 0 Å².